The first-order valence-electron chi connectivity index (χ1n) is 7.17. The van der Waals surface area contributed by atoms with Gasteiger partial charge in [0.15, 0.2) is 0 Å². The van der Waals surface area contributed by atoms with Crippen molar-refractivity contribution >= 4 is 40.0 Å². The zero-order valence-electron chi connectivity index (χ0n) is 12.9. The minimum atomic E-state index is -0.150. The van der Waals surface area contributed by atoms with Crippen LogP contribution in [0.5, 0.6) is 0 Å². The van der Waals surface area contributed by atoms with Gasteiger partial charge >= 0.3 is 0 Å². The number of benzene rings is 1. The number of hydrogen-bond donors (Lipinski definition) is 0. The van der Waals surface area contributed by atoms with Gasteiger partial charge in [-0.25, -0.2) is 4.98 Å². The molecule has 0 amide bonds. The van der Waals surface area contributed by atoms with Crippen molar-refractivity contribution in [1.82, 2.24) is 24.1 Å². The molecule has 1 aromatic carbocycles. The van der Waals surface area contributed by atoms with Crippen LogP contribution in [0, 0.1) is 6.92 Å². The summed E-state index contributed by atoms with van der Waals surface area (Å²) in [6.45, 7) is 1.81. The Bertz CT molecular complexity index is 1130. The number of aromatic nitrogens is 5. The molecule has 0 aliphatic carbocycles. The van der Waals surface area contributed by atoms with Crippen LogP contribution in [-0.4, -0.2) is 30.4 Å². The third kappa shape index (κ3) is 2.28. The second-order valence-corrected chi connectivity index (χ2v) is 6.44. The van der Waals surface area contributed by atoms with E-state index in [1.54, 1.807) is 39.5 Å². The van der Waals surface area contributed by atoms with E-state index in [2.05, 4.69) is 15.1 Å². The molecule has 0 atom stereocenters. The Hall–Kier alpha value is -2.38. The van der Waals surface area contributed by atoms with E-state index in [0.29, 0.717) is 32.6 Å². The van der Waals surface area contributed by atoms with E-state index in [-0.39, 0.29) is 5.56 Å². The van der Waals surface area contributed by atoms with E-state index in [0.717, 1.165) is 5.69 Å². The van der Waals surface area contributed by atoms with Crippen LogP contribution in [0.25, 0.3) is 22.4 Å². The number of aryl methyl sites for hydroxylation is 1. The quantitative estimate of drug-likeness (QED) is 0.516. The summed E-state index contributed by atoms with van der Waals surface area (Å²) in [5.74, 6) is 0.494. The summed E-state index contributed by atoms with van der Waals surface area (Å²) >= 11 is 7.36. The van der Waals surface area contributed by atoms with Gasteiger partial charge in [0, 0.05) is 16.9 Å². The third-order valence-electron chi connectivity index (χ3n) is 3.79. The van der Waals surface area contributed by atoms with Crippen molar-refractivity contribution in [2.24, 2.45) is 0 Å². The highest BCUT2D eigenvalue weighted by Crippen LogP contribution is 2.19. The lowest BCUT2D eigenvalue weighted by molar-refractivity contribution is 0.901. The Kier molecular flexibility index (Phi) is 3.54. The highest BCUT2D eigenvalue weighted by Gasteiger charge is 2.14. The topological polar surface area (TPSA) is 65.1 Å². The highest BCUT2D eigenvalue weighted by atomic mass is 35.5. The van der Waals surface area contributed by atoms with Crippen molar-refractivity contribution in [2.75, 3.05) is 6.26 Å². The molecular formula is C16H12ClN5OS. The van der Waals surface area contributed by atoms with E-state index in [9.17, 15) is 4.79 Å². The first-order valence-corrected chi connectivity index (χ1v) is 8.77. The highest BCUT2D eigenvalue weighted by molar-refractivity contribution is 7.98. The molecule has 4 rings (SSSR count). The summed E-state index contributed by atoms with van der Waals surface area (Å²) in [7, 11) is 0. The number of thioether (sulfide) groups is 1. The van der Waals surface area contributed by atoms with Gasteiger partial charge in [0.25, 0.3) is 11.3 Å². The molecule has 0 radical (unpaired) electrons. The molecule has 0 aliphatic rings. The smallest absolute Gasteiger partial charge is 0.266 e. The van der Waals surface area contributed by atoms with Gasteiger partial charge in [0.2, 0.25) is 5.16 Å². The predicted molar refractivity (Wildman–Crippen MR) is 95.4 cm³/mol. The average molecular weight is 358 g/mol. The molecular weight excluding hydrogens is 346 g/mol. The molecule has 0 unspecified atom stereocenters. The lowest BCUT2D eigenvalue weighted by atomic mass is 10.2. The number of halogens is 1. The van der Waals surface area contributed by atoms with E-state index >= 15 is 0 Å². The van der Waals surface area contributed by atoms with Crippen LogP contribution in [0.2, 0.25) is 5.02 Å². The summed E-state index contributed by atoms with van der Waals surface area (Å²) in [4.78, 5) is 21.7. The summed E-state index contributed by atoms with van der Waals surface area (Å²) in [5, 5.41) is 6.17. The van der Waals surface area contributed by atoms with E-state index < -0.39 is 0 Å². The normalized spacial score (nSPS) is 11.5. The summed E-state index contributed by atoms with van der Waals surface area (Å²) < 4.78 is 3.19. The van der Waals surface area contributed by atoms with E-state index in [4.69, 9.17) is 11.6 Å². The SMILES string of the molecule is CSc1nc2nc(C)c3c(=O)n(-c4ccc(Cl)cc4)ccc3n2n1. The molecule has 8 heteroatoms. The van der Waals surface area contributed by atoms with Crippen LogP contribution in [0.4, 0.5) is 0 Å². The van der Waals surface area contributed by atoms with E-state index in [1.165, 1.54) is 11.8 Å². The molecule has 3 aromatic heterocycles. The molecule has 24 heavy (non-hydrogen) atoms. The number of rotatable bonds is 2. The molecule has 0 saturated carbocycles. The van der Waals surface area contributed by atoms with Gasteiger partial charge in [-0.15, -0.1) is 5.10 Å². The van der Waals surface area contributed by atoms with Gasteiger partial charge in [-0.1, -0.05) is 23.4 Å². The van der Waals surface area contributed by atoms with E-state index in [1.807, 2.05) is 19.2 Å². The zero-order chi connectivity index (χ0) is 16.8. The molecule has 0 fully saturated rings. The molecule has 0 aliphatic heterocycles. The molecule has 3 heterocycles. The van der Waals surface area contributed by atoms with Gasteiger partial charge in [-0.05, 0) is 43.5 Å². The average Bonchev–Trinajstić information content (AvgIpc) is 2.99. The molecule has 6 nitrogen and oxygen atoms in total. The van der Waals surface area contributed by atoms with Gasteiger partial charge in [-0.3, -0.25) is 9.36 Å². The summed E-state index contributed by atoms with van der Waals surface area (Å²) in [6, 6.07) is 8.97. The van der Waals surface area contributed by atoms with Crippen molar-refractivity contribution in [3.63, 3.8) is 0 Å². The fraction of sp³-hybridized carbons (Fsp3) is 0.125. The number of hydrogen-bond acceptors (Lipinski definition) is 5. The van der Waals surface area contributed by atoms with Gasteiger partial charge in [0.05, 0.1) is 16.6 Å². The first-order chi connectivity index (χ1) is 11.6. The lowest BCUT2D eigenvalue weighted by Crippen LogP contribution is -2.20. The zero-order valence-corrected chi connectivity index (χ0v) is 14.5. The fourth-order valence-electron chi connectivity index (χ4n) is 2.66. The maximum atomic E-state index is 13.0. The molecule has 4 aromatic rings. The third-order valence-corrected chi connectivity index (χ3v) is 4.58. The largest absolute Gasteiger partial charge is 0.284 e. The first kappa shape index (κ1) is 15.2. The van der Waals surface area contributed by atoms with Crippen LogP contribution in [-0.2, 0) is 0 Å². The van der Waals surface area contributed by atoms with Crippen molar-refractivity contribution < 1.29 is 0 Å². The molecule has 0 bridgehead atoms. The van der Waals surface area contributed by atoms with Crippen LogP contribution in [0.3, 0.4) is 0 Å². The standard InChI is InChI=1S/C16H12ClN5OS/c1-9-13-12(22-15(18-9)19-16(20-22)24-2)7-8-21(14(13)23)11-5-3-10(17)4-6-11/h3-8H,1-2H3. The van der Waals surface area contributed by atoms with Gasteiger partial charge < -0.3 is 0 Å². The monoisotopic (exact) mass is 357 g/mol. The minimum Gasteiger partial charge on any atom is -0.284 e. The predicted octanol–water partition coefficient (Wildman–Crippen LogP) is 3.11. The Labute approximate surface area is 146 Å². The Morgan fingerprint density at radius 3 is 2.58 bits per heavy atom. The fourth-order valence-corrected chi connectivity index (χ4v) is 3.12. The van der Waals surface area contributed by atoms with Crippen molar-refractivity contribution in [3.05, 3.63) is 57.6 Å². The Morgan fingerprint density at radius 2 is 1.88 bits per heavy atom. The Morgan fingerprint density at radius 1 is 1.12 bits per heavy atom. The van der Waals surface area contributed by atoms with Crippen LogP contribution in [0.15, 0.2) is 46.5 Å². The van der Waals surface area contributed by atoms with Crippen molar-refractivity contribution in [3.8, 4) is 5.69 Å². The number of pyridine rings is 1. The molecule has 0 saturated heterocycles. The van der Waals surface area contributed by atoms with Gasteiger partial charge in [-0.2, -0.15) is 9.50 Å². The van der Waals surface area contributed by atoms with Gasteiger partial charge in [0.1, 0.15) is 0 Å². The Balaban J connectivity index is 2.05. The van der Waals surface area contributed by atoms with Crippen molar-refractivity contribution in [2.45, 2.75) is 12.1 Å². The number of nitrogens with zero attached hydrogens (tertiary/aromatic N) is 5. The van der Waals surface area contributed by atoms with Crippen LogP contribution >= 0.6 is 23.4 Å². The molecule has 0 N–H and O–H groups in total. The minimum absolute atomic E-state index is 0.150. The summed E-state index contributed by atoms with van der Waals surface area (Å²) in [5.41, 5.74) is 1.92. The number of fused-ring (bicyclic) bond motifs is 3. The van der Waals surface area contributed by atoms with Crippen LogP contribution in [0.1, 0.15) is 5.69 Å². The second kappa shape index (κ2) is 5.61. The second-order valence-electron chi connectivity index (χ2n) is 5.24. The molecule has 0 spiro atoms. The van der Waals surface area contributed by atoms with Crippen LogP contribution < -0.4 is 5.56 Å². The lowest BCUT2D eigenvalue weighted by Gasteiger charge is -2.09. The summed E-state index contributed by atoms with van der Waals surface area (Å²) in [6.07, 6.45) is 3.63. The maximum absolute atomic E-state index is 13.0. The maximum Gasteiger partial charge on any atom is 0.266 e. The molecule has 120 valence electrons. The van der Waals surface area contributed by atoms with Crippen molar-refractivity contribution in [1.29, 1.82) is 0 Å².